The Morgan fingerprint density at radius 2 is 2.00 bits per heavy atom. The fourth-order valence-electron chi connectivity index (χ4n) is 2.89. The number of hydrogen-bond donors (Lipinski definition) is 0. The van der Waals surface area contributed by atoms with Gasteiger partial charge in [0.2, 0.25) is 10.0 Å². The van der Waals surface area contributed by atoms with Crippen LogP contribution in [-0.2, 0) is 15.9 Å². The average Bonchev–Trinajstić information content (AvgIpc) is 3.06. The van der Waals surface area contributed by atoms with Crippen LogP contribution in [-0.4, -0.2) is 30.4 Å². The minimum atomic E-state index is -3.40. The van der Waals surface area contributed by atoms with Crippen LogP contribution in [0.15, 0.2) is 17.2 Å². The molecule has 1 fully saturated rings. The third-order valence-electron chi connectivity index (χ3n) is 4.37. The summed E-state index contributed by atoms with van der Waals surface area (Å²) in [5.74, 6) is 1.30. The second kappa shape index (κ2) is 6.31. The van der Waals surface area contributed by atoms with Crippen molar-refractivity contribution in [3.63, 3.8) is 0 Å². The fraction of sp³-hybridized carbons (Fsp3) is 0.733. The highest BCUT2D eigenvalue weighted by Gasteiger charge is 2.34. The van der Waals surface area contributed by atoms with E-state index in [-0.39, 0.29) is 6.04 Å². The van der Waals surface area contributed by atoms with Gasteiger partial charge in [-0.25, -0.2) is 8.42 Å². The monoisotopic (exact) mass is 332 g/mol. The van der Waals surface area contributed by atoms with Crippen LogP contribution in [0.5, 0.6) is 0 Å². The molecule has 21 heavy (non-hydrogen) atoms. The van der Waals surface area contributed by atoms with E-state index in [1.807, 2.05) is 18.4 Å². The van der Waals surface area contributed by atoms with Gasteiger partial charge in [0.25, 0.3) is 0 Å². The first-order chi connectivity index (χ1) is 9.77. The van der Waals surface area contributed by atoms with Crippen LogP contribution < -0.4 is 0 Å². The second-order valence-corrected chi connectivity index (χ2v) is 8.66. The quantitative estimate of drug-likeness (QED) is 0.775. The molecule has 120 valence electrons. The highest BCUT2D eigenvalue weighted by Crippen LogP contribution is 2.30. The van der Waals surface area contributed by atoms with E-state index in [0.29, 0.717) is 35.7 Å². The maximum absolute atomic E-state index is 12.8. The molecule has 0 aliphatic carbocycles. The molecule has 0 amide bonds. The molecule has 1 saturated heterocycles. The Kier molecular flexibility index (Phi) is 5.06. The third-order valence-corrected chi connectivity index (χ3v) is 6.47. The molecular weight excluding hydrogens is 308 g/mol. The van der Waals surface area contributed by atoms with E-state index < -0.39 is 10.0 Å². The van der Waals surface area contributed by atoms with Crippen LogP contribution in [0, 0.1) is 11.8 Å². The van der Waals surface area contributed by atoms with Crippen molar-refractivity contribution in [1.82, 2.24) is 8.87 Å². The number of hydrogen-bond acceptors (Lipinski definition) is 2. The number of sulfonamides is 1. The van der Waals surface area contributed by atoms with E-state index in [0.717, 1.165) is 12.1 Å². The Labute approximate surface area is 133 Å². The molecule has 6 heteroatoms. The van der Waals surface area contributed by atoms with Gasteiger partial charge < -0.3 is 4.57 Å². The Balaban J connectivity index is 2.28. The summed E-state index contributed by atoms with van der Waals surface area (Å²) < 4.78 is 29.1. The van der Waals surface area contributed by atoms with Gasteiger partial charge in [-0.1, -0.05) is 13.8 Å². The lowest BCUT2D eigenvalue weighted by Gasteiger charge is -2.17. The summed E-state index contributed by atoms with van der Waals surface area (Å²) in [6, 6.07) is 1.91. The maximum Gasteiger partial charge on any atom is 0.244 e. The molecule has 2 heterocycles. The van der Waals surface area contributed by atoms with Crippen LogP contribution in [0.2, 0.25) is 0 Å². The summed E-state index contributed by atoms with van der Waals surface area (Å²) in [7, 11) is -3.40. The molecule has 0 spiro atoms. The van der Waals surface area contributed by atoms with Gasteiger partial charge in [-0.3, -0.25) is 0 Å². The van der Waals surface area contributed by atoms with E-state index in [1.54, 1.807) is 16.6 Å². The van der Waals surface area contributed by atoms with E-state index in [1.165, 1.54) is 0 Å². The van der Waals surface area contributed by atoms with Crippen molar-refractivity contribution in [3.05, 3.63) is 18.0 Å². The van der Waals surface area contributed by atoms with Crippen molar-refractivity contribution < 1.29 is 8.42 Å². The van der Waals surface area contributed by atoms with Crippen molar-refractivity contribution in [2.75, 3.05) is 13.1 Å². The first-order valence-corrected chi connectivity index (χ1v) is 9.51. The van der Waals surface area contributed by atoms with Gasteiger partial charge in [0, 0.05) is 31.0 Å². The standard InChI is InChI=1S/C15H25ClN2O2S/c1-11(2)13-5-6-17(9-13)21(19,20)15-7-14(8-16)18(10-15)12(3)4/h7,10-13H,5-6,8-9H2,1-4H3. The second-order valence-electron chi connectivity index (χ2n) is 6.46. The van der Waals surface area contributed by atoms with Gasteiger partial charge in [-0.15, -0.1) is 11.6 Å². The SMILES string of the molecule is CC(C)C1CCN(S(=O)(=O)c2cc(CCl)n(C(C)C)c2)C1. The average molecular weight is 333 g/mol. The number of nitrogens with zero attached hydrogens (tertiary/aromatic N) is 2. The van der Waals surface area contributed by atoms with Crippen molar-refractivity contribution >= 4 is 21.6 Å². The fourth-order valence-corrected chi connectivity index (χ4v) is 4.67. The molecule has 2 rings (SSSR count). The van der Waals surface area contributed by atoms with Crippen molar-refractivity contribution in [2.24, 2.45) is 11.8 Å². The van der Waals surface area contributed by atoms with Crippen molar-refractivity contribution in [3.8, 4) is 0 Å². The topological polar surface area (TPSA) is 42.3 Å². The predicted molar refractivity (Wildman–Crippen MR) is 86.1 cm³/mol. The Bertz CT molecular complexity index is 593. The van der Waals surface area contributed by atoms with Crippen LogP contribution in [0.3, 0.4) is 0 Å². The number of halogens is 1. The molecule has 0 saturated carbocycles. The van der Waals surface area contributed by atoms with Crippen LogP contribution in [0.1, 0.15) is 45.9 Å². The Morgan fingerprint density at radius 1 is 1.33 bits per heavy atom. The molecular formula is C15H25ClN2O2S. The minimum absolute atomic E-state index is 0.199. The first-order valence-electron chi connectivity index (χ1n) is 7.54. The van der Waals surface area contributed by atoms with Crippen molar-refractivity contribution in [1.29, 1.82) is 0 Å². The summed E-state index contributed by atoms with van der Waals surface area (Å²) in [4.78, 5) is 0.372. The first kappa shape index (κ1) is 16.8. The largest absolute Gasteiger partial charge is 0.346 e. The molecule has 0 aromatic carbocycles. The lowest BCUT2D eigenvalue weighted by molar-refractivity contribution is 0.388. The van der Waals surface area contributed by atoms with E-state index in [4.69, 9.17) is 11.6 Å². The van der Waals surface area contributed by atoms with Gasteiger partial charge in [-0.05, 0) is 38.2 Å². The van der Waals surface area contributed by atoms with Crippen molar-refractivity contribution in [2.45, 2.75) is 50.9 Å². The lowest BCUT2D eigenvalue weighted by Crippen LogP contribution is -2.29. The van der Waals surface area contributed by atoms with E-state index in [2.05, 4.69) is 13.8 Å². The Hall–Kier alpha value is -0.520. The molecule has 4 nitrogen and oxygen atoms in total. The Morgan fingerprint density at radius 3 is 2.43 bits per heavy atom. The summed E-state index contributed by atoms with van der Waals surface area (Å²) >= 11 is 5.93. The van der Waals surface area contributed by atoms with Crippen LogP contribution in [0.25, 0.3) is 0 Å². The highest BCUT2D eigenvalue weighted by atomic mass is 35.5. The zero-order valence-electron chi connectivity index (χ0n) is 13.2. The molecule has 1 unspecified atom stereocenters. The normalized spacial score (nSPS) is 20.8. The number of alkyl halides is 1. The van der Waals surface area contributed by atoms with Crippen LogP contribution >= 0.6 is 11.6 Å². The summed E-state index contributed by atoms with van der Waals surface area (Å²) in [5.41, 5.74) is 0.852. The zero-order chi connectivity index (χ0) is 15.8. The van der Waals surface area contributed by atoms with Gasteiger partial charge in [-0.2, -0.15) is 4.31 Å². The molecule has 1 aromatic heterocycles. The van der Waals surface area contributed by atoms with Crippen LogP contribution in [0.4, 0.5) is 0 Å². The highest BCUT2D eigenvalue weighted by molar-refractivity contribution is 7.89. The van der Waals surface area contributed by atoms with Gasteiger partial charge in [0.15, 0.2) is 0 Å². The molecule has 1 atom stereocenters. The number of rotatable bonds is 5. The number of aromatic nitrogens is 1. The summed E-state index contributed by atoms with van der Waals surface area (Å²) in [6.07, 6.45) is 2.67. The van der Waals surface area contributed by atoms with Gasteiger partial charge in [0.1, 0.15) is 4.90 Å². The van der Waals surface area contributed by atoms with E-state index >= 15 is 0 Å². The smallest absolute Gasteiger partial charge is 0.244 e. The summed E-state index contributed by atoms with van der Waals surface area (Å²) in [6.45, 7) is 9.61. The molecule has 0 radical (unpaired) electrons. The maximum atomic E-state index is 12.8. The molecule has 0 bridgehead atoms. The molecule has 1 aliphatic rings. The molecule has 1 aromatic rings. The molecule has 1 aliphatic heterocycles. The minimum Gasteiger partial charge on any atom is -0.346 e. The third kappa shape index (κ3) is 3.30. The van der Waals surface area contributed by atoms with Gasteiger partial charge in [0.05, 0.1) is 5.88 Å². The predicted octanol–water partition coefficient (Wildman–Crippen LogP) is 3.47. The zero-order valence-corrected chi connectivity index (χ0v) is 14.8. The molecule has 0 N–H and O–H groups in total. The van der Waals surface area contributed by atoms with Gasteiger partial charge >= 0.3 is 0 Å². The summed E-state index contributed by atoms with van der Waals surface area (Å²) in [5, 5.41) is 0. The lowest BCUT2D eigenvalue weighted by atomic mass is 9.96. The van der Waals surface area contributed by atoms with E-state index in [9.17, 15) is 8.42 Å².